The standard InChI is InChI=1S/C19H29N5/c1-6-20-19(24(5)15-18-8-7-13-23(18)4)21-14-16-9-11-17(12-10-16)22(2)3/h7-13H,6,14-15H2,1-5H3,(H,20,21). The minimum absolute atomic E-state index is 0.674. The summed E-state index contributed by atoms with van der Waals surface area (Å²) in [6.45, 7) is 4.45. The molecule has 1 N–H and O–H groups in total. The van der Waals surface area contributed by atoms with Crippen molar-refractivity contribution >= 4 is 11.6 Å². The van der Waals surface area contributed by atoms with Gasteiger partial charge in [0.25, 0.3) is 0 Å². The lowest BCUT2D eigenvalue weighted by molar-refractivity contribution is 0.462. The maximum atomic E-state index is 4.78. The quantitative estimate of drug-likeness (QED) is 0.654. The first-order valence-corrected chi connectivity index (χ1v) is 8.37. The number of guanidine groups is 1. The van der Waals surface area contributed by atoms with Crippen LogP contribution in [0.15, 0.2) is 47.6 Å². The molecule has 2 aromatic rings. The van der Waals surface area contributed by atoms with Gasteiger partial charge in [-0.25, -0.2) is 4.99 Å². The molecule has 0 aliphatic rings. The van der Waals surface area contributed by atoms with Crippen LogP contribution in [0.25, 0.3) is 0 Å². The summed E-state index contributed by atoms with van der Waals surface area (Å²) in [7, 11) is 8.24. The molecule has 5 heteroatoms. The highest BCUT2D eigenvalue weighted by molar-refractivity contribution is 5.79. The van der Waals surface area contributed by atoms with E-state index in [1.165, 1.54) is 16.9 Å². The minimum Gasteiger partial charge on any atom is -0.378 e. The average Bonchev–Trinajstić information content (AvgIpc) is 2.96. The smallest absolute Gasteiger partial charge is 0.194 e. The first-order valence-electron chi connectivity index (χ1n) is 8.37. The Kier molecular flexibility index (Phi) is 6.29. The number of anilines is 1. The number of benzene rings is 1. The van der Waals surface area contributed by atoms with Gasteiger partial charge in [0.2, 0.25) is 0 Å². The number of aryl methyl sites for hydroxylation is 1. The van der Waals surface area contributed by atoms with Crippen molar-refractivity contribution in [2.24, 2.45) is 12.0 Å². The molecule has 1 heterocycles. The number of aromatic nitrogens is 1. The highest BCUT2D eigenvalue weighted by atomic mass is 15.3. The lowest BCUT2D eigenvalue weighted by Crippen LogP contribution is -2.38. The van der Waals surface area contributed by atoms with Crippen molar-refractivity contribution in [2.75, 3.05) is 32.6 Å². The highest BCUT2D eigenvalue weighted by Gasteiger charge is 2.08. The number of rotatable bonds is 6. The van der Waals surface area contributed by atoms with Crippen LogP contribution in [-0.2, 0) is 20.1 Å². The molecule has 0 spiro atoms. The van der Waals surface area contributed by atoms with Crippen LogP contribution >= 0.6 is 0 Å². The maximum absolute atomic E-state index is 4.78. The second-order valence-corrected chi connectivity index (χ2v) is 6.20. The van der Waals surface area contributed by atoms with Gasteiger partial charge in [0, 0.05) is 52.3 Å². The van der Waals surface area contributed by atoms with Crippen LogP contribution in [0, 0.1) is 0 Å². The molecule has 1 aromatic carbocycles. The van der Waals surface area contributed by atoms with Crippen molar-refractivity contribution in [2.45, 2.75) is 20.0 Å². The number of hydrogen-bond acceptors (Lipinski definition) is 2. The van der Waals surface area contributed by atoms with E-state index in [2.05, 4.69) is 97.4 Å². The van der Waals surface area contributed by atoms with Gasteiger partial charge in [-0.1, -0.05) is 12.1 Å². The van der Waals surface area contributed by atoms with Gasteiger partial charge in [-0.2, -0.15) is 0 Å². The Hall–Kier alpha value is -2.43. The van der Waals surface area contributed by atoms with Gasteiger partial charge in [-0.05, 0) is 36.8 Å². The Labute approximate surface area is 145 Å². The lowest BCUT2D eigenvalue weighted by Gasteiger charge is -2.22. The fourth-order valence-electron chi connectivity index (χ4n) is 2.51. The molecule has 1 aromatic heterocycles. The van der Waals surface area contributed by atoms with Crippen molar-refractivity contribution in [3.63, 3.8) is 0 Å². The Morgan fingerprint density at radius 2 is 1.83 bits per heavy atom. The molecule has 2 rings (SSSR count). The van der Waals surface area contributed by atoms with Crippen molar-refractivity contribution < 1.29 is 0 Å². The average molecular weight is 327 g/mol. The van der Waals surface area contributed by atoms with Gasteiger partial charge >= 0.3 is 0 Å². The van der Waals surface area contributed by atoms with Crippen LogP contribution in [0.3, 0.4) is 0 Å². The molecule has 130 valence electrons. The van der Waals surface area contributed by atoms with E-state index in [0.29, 0.717) is 6.54 Å². The van der Waals surface area contributed by atoms with E-state index in [1.807, 2.05) is 0 Å². The molecular weight excluding hydrogens is 298 g/mol. The van der Waals surface area contributed by atoms with Crippen LogP contribution in [0.5, 0.6) is 0 Å². The normalized spacial score (nSPS) is 11.5. The topological polar surface area (TPSA) is 35.8 Å². The Balaban J connectivity index is 2.05. The molecule has 24 heavy (non-hydrogen) atoms. The van der Waals surface area contributed by atoms with Crippen molar-refractivity contribution in [3.05, 3.63) is 53.9 Å². The predicted octanol–water partition coefficient (Wildman–Crippen LogP) is 2.69. The zero-order valence-corrected chi connectivity index (χ0v) is 15.5. The summed E-state index contributed by atoms with van der Waals surface area (Å²) in [6, 6.07) is 12.7. The maximum Gasteiger partial charge on any atom is 0.194 e. The van der Waals surface area contributed by atoms with E-state index in [1.54, 1.807) is 0 Å². The Bertz CT molecular complexity index is 655. The molecule has 0 fully saturated rings. The summed E-state index contributed by atoms with van der Waals surface area (Å²) in [5.74, 6) is 0.926. The highest BCUT2D eigenvalue weighted by Crippen LogP contribution is 2.13. The predicted molar refractivity (Wildman–Crippen MR) is 102 cm³/mol. The van der Waals surface area contributed by atoms with Gasteiger partial charge in [0.15, 0.2) is 5.96 Å². The molecule has 0 bridgehead atoms. The molecule has 0 amide bonds. The lowest BCUT2D eigenvalue weighted by atomic mass is 10.2. The van der Waals surface area contributed by atoms with Gasteiger partial charge in [0.1, 0.15) is 0 Å². The second-order valence-electron chi connectivity index (χ2n) is 6.20. The third-order valence-corrected chi connectivity index (χ3v) is 4.01. The number of aliphatic imine (C=N–C) groups is 1. The van der Waals surface area contributed by atoms with Gasteiger partial charge in [0.05, 0.1) is 13.1 Å². The van der Waals surface area contributed by atoms with Gasteiger partial charge in [-0.3, -0.25) is 0 Å². The summed E-state index contributed by atoms with van der Waals surface area (Å²) < 4.78 is 2.14. The second kappa shape index (κ2) is 8.43. The largest absolute Gasteiger partial charge is 0.378 e. The van der Waals surface area contributed by atoms with Gasteiger partial charge < -0.3 is 19.7 Å². The summed E-state index contributed by atoms with van der Waals surface area (Å²) in [5, 5.41) is 3.37. The van der Waals surface area contributed by atoms with E-state index < -0.39 is 0 Å². The van der Waals surface area contributed by atoms with Crippen LogP contribution < -0.4 is 10.2 Å². The monoisotopic (exact) mass is 327 g/mol. The summed E-state index contributed by atoms with van der Waals surface area (Å²) >= 11 is 0. The third-order valence-electron chi connectivity index (χ3n) is 4.01. The molecule has 0 radical (unpaired) electrons. The fourth-order valence-corrected chi connectivity index (χ4v) is 2.51. The fraction of sp³-hybridized carbons (Fsp3) is 0.421. The van der Waals surface area contributed by atoms with Crippen molar-refractivity contribution in [3.8, 4) is 0 Å². The van der Waals surface area contributed by atoms with Crippen molar-refractivity contribution in [1.29, 1.82) is 0 Å². The van der Waals surface area contributed by atoms with E-state index in [4.69, 9.17) is 4.99 Å². The first-order chi connectivity index (χ1) is 11.5. The molecule has 0 saturated heterocycles. The van der Waals surface area contributed by atoms with E-state index in [0.717, 1.165) is 19.0 Å². The SMILES string of the molecule is CCNC(=NCc1ccc(N(C)C)cc1)N(C)Cc1cccn1C. The number of nitrogens with zero attached hydrogens (tertiary/aromatic N) is 4. The van der Waals surface area contributed by atoms with Crippen LogP contribution in [0.4, 0.5) is 5.69 Å². The Morgan fingerprint density at radius 1 is 1.12 bits per heavy atom. The molecule has 5 nitrogen and oxygen atoms in total. The molecule has 0 atom stereocenters. The van der Waals surface area contributed by atoms with E-state index in [-0.39, 0.29) is 0 Å². The zero-order valence-electron chi connectivity index (χ0n) is 15.5. The summed E-state index contributed by atoms with van der Waals surface area (Å²) in [4.78, 5) is 9.04. The first kappa shape index (κ1) is 17.9. The molecule has 0 aliphatic carbocycles. The van der Waals surface area contributed by atoms with Crippen LogP contribution in [-0.4, -0.2) is 43.1 Å². The third kappa shape index (κ3) is 4.78. The number of nitrogens with one attached hydrogen (secondary N) is 1. The Morgan fingerprint density at radius 3 is 2.38 bits per heavy atom. The van der Waals surface area contributed by atoms with Crippen molar-refractivity contribution in [1.82, 2.24) is 14.8 Å². The molecular formula is C19H29N5. The van der Waals surface area contributed by atoms with E-state index >= 15 is 0 Å². The van der Waals surface area contributed by atoms with Gasteiger partial charge in [-0.15, -0.1) is 0 Å². The number of hydrogen-bond donors (Lipinski definition) is 1. The minimum atomic E-state index is 0.674. The molecule has 0 saturated carbocycles. The zero-order chi connectivity index (χ0) is 17.5. The summed E-state index contributed by atoms with van der Waals surface area (Å²) in [5.41, 5.74) is 3.68. The molecule has 0 aliphatic heterocycles. The van der Waals surface area contributed by atoms with Crippen LogP contribution in [0.1, 0.15) is 18.2 Å². The summed E-state index contributed by atoms with van der Waals surface area (Å²) in [6.07, 6.45) is 2.07. The van der Waals surface area contributed by atoms with Crippen LogP contribution in [0.2, 0.25) is 0 Å². The molecule has 0 unspecified atom stereocenters. The van der Waals surface area contributed by atoms with E-state index in [9.17, 15) is 0 Å².